The van der Waals surface area contributed by atoms with Crippen LogP contribution in [0.5, 0.6) is 11.5 Å². The lowest BCUT2D eigenvalue weighted by molar-refractivity contribution is -0.127. The number of nitrogens with two attached hydrogens (primary N) is 1. The Morgan fingerprint density at radius 1 is 1.19 bits per heavy atom. The van der Waals surface area contributed by atoms with Gasteiger partial charge in [-0.05, 0) is 55.3 Å². The number of benzene rings is 2. The Labute approximate surface area is 188 Å². The van der Waals surface area contributed by atoms with Crippen LogP contribution in [-0.4, -0.2) is 46.8 Å². The lowest BCUT2D eigenvalue weighted by atomic mass is 10.1. The van der Waals surface area contributed by atoms with E-state index in [1.165, 1.54) is 6.08 Å². The number of anilines is 1. The molecule has 1 unspecified atom stereocenters. The van der Waals surface area contributed by atoms with Gasteiger partial charge in [-0.1, -0.05) is 24.8 Å². The molecule has 3 aromatic rings. The third-order valence-corrected chi connectivity index (χ3v) is 5.54. The molecule has 4 rings (SSSR count). The number of carbonyl (C=O) groups is 1. The maximum Gasteiger partial charge on any atom is 0.246 e. The summed E-state index contributed by atoms with van der Waals surface area (Å²) in [6.45, 7) is 6.17. The quantitative estimate of drug-likeness (QED) is 0.525. The number of nitrogens with one attached hydrogen (secondary N) is 1. The summed E-state index contributed by atoms with van der Waals surface area (Å²) in [7, 11) is 0. The van der Waals surface area contributed by atoms with Gasteiger partial charge in [-0.3, -0.25) is 4.79 Å². The van der Waals surface area contributed by atoms with Gasteiger partial charge in [-0.2, -0.15) is 5.10 Å². The van der Waals surface area contributed by atoms with Crippen molar-refractivity contribution in [3.63, 3.8) is 0 Å². The van der Waals surface area contributed by atoms with Crippen LogP contribution in [-0.2, 0) is 4.79 Å². The fourth-order valence-electron chi connectivity index (χ4n) is 3.95. The highest BCUT2D eigenvalue weighted by Crippen LogP contribution is 2.30. The molecule has 1 saturated heterocycles. The van der Waals surface area contributed by atoms with Crippen LogP contribution in [0.1, 0.15) is 18.9 Å². The van der Waals surface area contributed by atoms with Crippen molar-refractivity contribution in [1.29, 1.82) is 0 Å². The maximum atomic E-state index is 12.1. The molecule has 0 radical (unpaired) electrons. The molecular weight excluding hydrogens is 402 g/mol. The van der Waals surface area contributed by atoms with Crippen molar-refractivity contribution in [2.45, 2.75) is 18.9 Å². The SMILES string of the molecule is C=CC(=O)N1CCCC(n2nc(-c3ccc(Oc4ccccc4)cc3)cc2NCCN)C1. The van der Waals surface area contributed by atoms with Crippen LogP contribution >= 0.6 is 0 Å². The van der Waals surface area contributed by atoms with Gasteiger partial charge in [0.1, 0.15) is 17.3 Å². The number of aromatic nitrogens is 2. The first-order chi connectivity index (χ1) is 15.7. The van der Waals surface area contributed by atoms with Gasteiger partial charge in [0, 0.05) is 37.8 Å². The molecule has 2 heterocycles. The minimum Gasteiger partial charge on any atom is -0.457 e. The number of rotatable bonds is 8. The highest BCUT2D eigenvalue weighted by molar-refractivity contribution is 5.87. The zero-order valence-electron chi connectivity index (χ0n) is 18.1. The van der Waals surface area contributed by atoms with Gasteiger partial charge in [0.05, 0.1) is 11.7 Å². The molecule has 0 bridgehead atoms. The van der Waals surface area contributed by atoms with Crippen molar-refractivity contribution in [2.24, 2.45) is 5.73 Å². The third kappa shape index (κ3) is 5.00. The molecule has 7 nitrogen and oxygen atoms in total. The van der Waals surface area contributed by atoms with E-state index in [0.29, 0.717) is 19.6 Å². The second kappa shape index (κ2) is 10.2. The van der Waals surface area contributed by atoms with Crippen molar-refractivity contribution in [3.05, 3.63) is 73.3 Å². The summed E-state index contributed by atoms with van der Waals surface area (Å²) in [5.74, 6) is 2.45. The number of para-hydroxylation sites is 1. The van der Waals surface area contributed by atoms with Gasteiger partial charge < -0.3 is 20.7 Å². The first-order valence-corrected chi connectivity index (χ1v) is 11.0. The van der Waals surface area contributed by atoms with E-state index in [2.05, 4.69) is 11.9 Å². The summed E-state index contributed by atoms with van der Waals surface area (Å²) < 4.78 is 7.90. The van der Waals surface area contributed by atoms with Gasteiger partial charge in [-0.25, -0.2) is 4.68 Å². The Kier molecular flexibility index (Phi) is 6.87. The molecule has 1 aromatic heterocycles. The molecule has 1 aliphatic heterocycles. The minimum absolute atomic E-state index is 0.0347. The highest BCUT2D eigenvalue weighted by Gasteiger charge is 2.26. The van der Waals surface area contributed by atoms with E-state index in [-0.39, 0.29) is 11.9 Å². The normalized spacial score (nSPS) is 15.9. The van der Waals surface area contributed by atoms with E-state index in [4.69, 9.17) is 15.6 Å². The Morgan fingerprint density at radius 2 is 1.94 bits per heavy atom. The van der Waals surface area contributed by atoms with E-state index in [1.54, 1.807) is 0 Å². The molecule has 3 N–H and O–H groups in total. The first-order valence-electron chi connectivity index (χ1n) is 11.0. The summed E-state index contributed by atoms with van der Waals surface area (Å²) in [4.78, 5) is 14.0. The largest absolute Gasteiger partial charge is 0.457 e. The molecule has 7 heteroatoms. The molecule has 1 fully saturated rings. The fraction of sp³-hybridized carbons (Fsp3) is 0.280. The molecule has 1 amide bonds. The van der Waals surface area contributed by atoms with Crippen LogP contribution in [0, 0.1) is 0 Å². The van der Waals surface area contributed by atoms with Gasteiger partial charge in [0.25, 0.3) is 0 Å². The lowest BCUT2D eigenvalue weighted by Crippen LogP contribution is -2.40. The molecule has 166 valence electrons. The number of hydrogen-bond acceptors (Lipinski definition) is 5. The Bertz CT molecular complexity index is 1050. The predicted octanol–water partition coefficient (Wildman–Crippen LogP) is 4.06. The Balaban J connectivity index is 1.56. The summed E-state index contributed by atoms with van der Waals surface area (Å²) in [5.41, 5.74) is 7.57. The third-order valence-electron chi connectivity index (χ3n) is 5.54. The van der Waals surface area contributed by atoms with Gasteiger partial charge in [0.2, 0.25) is 5.91 Å². The topological polar surface area (TPSA) is 85.4 Å². The molecule has 1 aliphatic rings. The molecule has 0 spiro atoms. The van der Waals surface area contributed by atoms with E-state index >= 15 is 0 Å². The second-order valence-electron chi connectivity index (χ2n) is 7.80. The van der Waals surface area contributed by atoms with Gasteiger partial charge in [0.15, 0.2) is 0 Å². The molecule has 2 aromatic carbocycles. The summed E-state index contributed by atoms with van der Waals surface area (Å²) in [6, 6.07) is 19.7. The van der Waals surface area contributed by atoms with E-state index < -0.39 is 0 Å². The number of ether oxygens (including phenoxy) is 1. The van der Waals surface area contributed by atoms with Crippen molar-refractivity contribution in [1.82, 2.24) is 14.7 Å². The average molecular weight is 432 g/mol. The number of nitrogens with zero attached hydrogens (tertiary/aromatic N) is 3. The monoisotopic (exact) mass is 431 g/mol. The van der Waals surface area contributed by atoms with Crippen LogP contribution in [0.3, 0.4) is 0 Å². The van der Waals surface area contributed by atoms with Gasteiger partial charge >= 0.3 is 0 Å². The van der Waals surface area contributed by atoms with E-state index in [9.17, 15) is 4.79 Å². The zero-order chi connectivity index (χ0) is 22.3. The zero-order valence-corrected chi connectivity index (χ0v) is 18.1. The number of amides is 1. The van der Waals surface area contributed by atoms with Crippen LogP contribution in [0.4, 0.5) is 5.82 Å². The molecular formula is C25H29N5O2. The predicted molar refractivity (Wildman–Crippen MR) is 127 cm³/mol. The molecule has 1 atom stereocenters. The molecule has 0 saturated carbocycles. The smallest absolute Gasteiger partial charge is 0.246 e. The van der Waals surface area contributed by atoms with Crippen LogP contribution in [0.2, 0.25) is 0 Å². The highest BCUT2D eigenvalue weighted by atomic mass is 16.5. The summed E-state index contributed by atoms with van der Waals surface area (Å²) in [5, 5.41) is 8.28. The van der Waals surface area contributed by atoms with Crippen LogP contribution < -0.4 is 15.8 Å². The Hall–Kier alpha value is -3.58. The summed E-state index contributed by atoms with van der Waals surface area (Å²) >= 11 is 0. The van der Waals surface area contributed by atoms with Crippen molar-refractivity contribution in [3.8, 4) is 22.8 Å². The lowest BCUT2D eigenvalue weighted by Gasteiger charge is -2.33. The van der Waals surface area contributed by atoms with Crippen LogP contribution in [0.25, 0.3) is 11.3 Å². The molecule has 0 aliphatic carbocycles. The van der Waals surface area contributed by atoms with E-state index in [0.717, 1.165) is 48.0 Å². The number of likely N-dealkylation sites (tertiary alicyclic amines) is 1. The number of carbonyl (C=O) groups excluding carboxylic acids is 1. The fourth-order valence-corrected chi connectivity index (χ4v) is 3.95. The number of piperidine rings is 1. The number of hydrogen-bond donors (Lipinski definition) is 2. The van der Waals surface area contributed by atoms with Crippen molar-refractivity contribution < 1.29 is 9.53 Å². The Morgan fingerprint density at radius 3 is 2.66 bits per heavy atom. The molecule has 32 heavy (non-hydrogen) atoms. The standard InChI is InChI=1S/C25H29N5O2/c1-2-25(31)29-16-6-7-20(18-29)30-24(27-15-14-26)17-23(28-30)19-10-12-22(13-11-19)32-21-8-4-3-5-9-21/h2-5,8-13,17,20,27H,1,6-7,14-16,18,26H2. The van der Waals surface area contributed by atoms with Gasteiger partial charge in [-0.15, -0.1) is 0 Å². The average Bonchev–Trinajstić information content (AvgIpc) is 3.27. The second-order valence-corrected chi connectivity index (χ2v) is 7.80. The van der Waals surface area contributed by atoms with Crippen LogP contribution in [0.15, 0.2) is 73.3 Å². The summed E-state index contributed by atoms with van der Waals surface area (Å²) in [6.07, 6.45) is 3.27. The maximum absolute atomic E-state index is 12.1. The van der Waals surface area contributed by atoms with E-state index in [1.807, 2.05) is 70.2 Å². The van der Waals surface area contributed by atoms with Crippen molar-refractivity contribution >= 4 is 11.7 Å². The van der Waals surface area contributed by atoms with Crippen molar-refractivity contribution in [2.75, 3.05) is 31.5 Å². The first kappa shape index (κ1) is 21.6. The minimum atomic E-state index is -0.0347.